The minimum atomic E-state index is -0.493. The molecule has 1 aromatic heterocycles. The van der Waals surface area contributed by atoms with E-state index in [0.29, 0.717) is 33.7 Å². The second-order valence-corrected chi connectivity index (χ2v) is 8.48. The molecule has 0 fully saturated rings. The molecule has 3 aromatic rings. The molecule has 0 saturated carbocycles. The number of halogens is 2. The molecule has 1 heterocycles. The van der Waals surface area contributed by atoms with Crippen LogP contribution in [0.1, 0.15) is 18.9 Å². The van der Waals surface area contributed by atoms with Crippen LogP contribution >= 0.6 is 35.0 Å². The minimum absolute atomic E-state index is 0.0240. The van der Waals surface area contributed by atoms with Crippen LogP contribution in [-0.4, -0.2) is 10.9 Å². The molecule has 0 spiro atoms. The largest absolute Gasteiger partial charge is 0.507 e. The fourth-order valence-corrected chi connectivity index (χ4v) is 4.56. The highest BCUT2D eigenvalue weighted by molar-refractivity contribution is 7.99. The summed E-state index contributed by atoms with van der Waals surface area (Å²) in [4.78, 5) is 13.2. The van der Waals surface area contributed by atoms with Gasteiger partial charge in [0.15, 0.2) is 0 Å². The molecule has 0 aliphatic rings. The molecule has 0 bridgehead atoms. The van der Waals surface area contributed by atoms with Crippen LogP contribution in [0, 0.1) is 5.92 Å². The maximum atomic E-state index is 12.3. The molecule has 0 saturated heterocycles. The fourth-order valence-electron chi connectivity index (χ4n) is 2.80. The predicted octanol–water partition coefficient (Wildman–Crippen LogP) is 6.68. The zero-order valence-electron chi connectivity index (χ0n) is 15.3. The SMILES string of the molecule is CC(CCc1c(O)cc(-c2ccccc2)oc1=O)CSc1c(Cl)cccc1Cl. The molecule has 6 heteroatoms. The van der Waals surface area contributed by atoms with E-state index in [4.69, 9.17) is 27.6 Å². The molecule has 2 aromatic carbocycles. The van der Waals surface area contributed by atoms with Gasteiger partial charge in [-0.25, -0.2) is 4.79 Å². The van der Waals surface area contributed by atoms with E-state index in [9.17, 15) is 9.90 Å². The van der Waals surface area contributed by atoms with E-state index in [-0.39, 0.29) is 5.75 Å². The van der Waals surface area contributed by atoms with Gasteiger partial charge in [-0.15, -0.1) is 11.8 Å². The van der Waals surface area contributed by atoms with Gasteiger partial charge < -0.3 is 9.52 Å². The van der Waals surface area contributed by atoms with Crippen molar-refractivity contribution in [3.05, 3.63) is 80.6 Å². The number of aromatic hydroxyl groups is 1. The molecule has 1 unspecified atom stereocenters. The van der Waals surface area contributed by atoms with E-state index in [2.05, 4.69) is 6.92 Å². The van der Waals surface area contributed by atoms with Crippen molar-refractivity contribution in [3.8, 4) is 17.1 Å². The first kappa shape index (κ1) is 20.8. The lowest BCUT2D eigenvalue weighted by molar-refractivity contribution is 0.435. The van der Waals surface area contributed by atoms with Crippen LogP contribution < -0.4 is 5.63 Å². The molecule has 0 radical (unpaired) electrons. The Labute approximate surface area is 178 Å². The van der Waals surface area contributed by atoms with Crippen LogP contribution in [0.5, 0.6) is 5.75 Å². The zero-order chi connectivity index (χ0) is 20.1. The van der Waals surface area contributed by atoms with Gasteiger partial charge in [0.25, 0.3) is 0 Å². The minimum Gasteiger partial charge on any atom is -0.507 e. The van der Waals surface area contributed by atoms with Gasteiger partial charge in [-0.3, -0.25) is 0 Å². The van der Waals surface area contributed by atoms with Crippen LogP contribution in [-0.2, 0) is 6.42 Å². The lowest BCUT2D eigenvalue weighted by Gasteiger charge is -2.13. The van der Waals surface area contributed by atoms with Crippen molar-refractivity contribution >= 4 is 35.0 Å². The Hall–Kier alpha value is -1.88. The third-order valence-corrected chi connectivity index (χ3v) is 6.72. The summed E-state index contributed by atoms with van der Waals surface area (Å²) < 4.78 is 5.41. The lowest BCUT2D eigenvalue weighted by Crippen LogP contribution is -2.10. The third-order valence-electron chi connectivity index (χ3n) is 4.40. The Bertz CT molecular complexity index is 982. The topological polar surface area (TPSA) is 50.4 Å². The smallest absolute Gasteiger partial charge is 0.343 e. The Kier molecular flexibility index (Phi) is 7.11. The highest BCUT2D eigenvalue weighted by atomic mass is 35.5. The third kappa shape index (κ3) is 5.13. The van der Waals surface area contributed by atoms with Crippen molar-refractivity contribution in [2.24, 2.45) is 5.92 Å². The number of hydrogen-bond acceptors (Lipinski definition) is 4. The van der Waals surface area contributed by atoms with Gasteiger partial charge in [-0.2, -0.15) is 0 Å². The van der Waals surface area contributed by atoms with E-state index in [1.54, 1.807) is 11.8 Å². The molecular formula is C22H20Cl2O3S. The number of rotatable bonds is 7. The van der Waals surface area contributed by atoms with E-state index in [1.165, 1.54) is 6.07 Å². The first-order valence-electron chi connectivity index (χ1n) is 8.94. The van der Waals surface area contributed by atoms with Crippen molar-refractivity contribution < 1.29 is 9.52 Å². The summed E-state index contributed by atoms with van der Waals surface area (Å²) in [5.41, 5.74) is 0.572. The molecule has 3 nitrogen and oxygen atoms in total. The molecule has 28 heavy (non-hydrogen) atoms. The summed E-state index contributed by atoms with van der Waals surface area (Å²) in [7, 11) is 0. The van der Waals surface area contributed by atoms with Crippen LogP contribution in [0.3, 0.4) is 0 Å². The quantitative estimate of drug-likeness (QED) is 0.421. The normalized spacial score (nSPS) is 12.1. The summed E-state index contributed by atoms with van der Waals surface area (Å²) >= 11 is 14.0. The Morgan fingerprint density at radius 2 is 1.75 bits per heavy atom. The van der Waals surface area contributed by atoms with Crippen molar-refractivity contribution in [1.82, 2.24) is 0 Å². The molecule has 0 aliphatic carbocycles. The Morgan fingerprint density at radius 1 is 1.07 bits per heavy atom. The molecule has 0 aliphatic heterocycles. The zero-order valence-corrected chi connectivity index (χ0v) is 17.7. The summed E-state index contributed by atoms with van der Waals surface area (Å²) in [6.45, 7) is 2.09. The summed E-state index contributed by atoms with van der Waals surface area (Å²) in [6.07, 6.45) is 1.18. The van der Waals surface area contributed by atoms with Crippen LogP contribution in [0.25, 0.3) is 11.3 Å². The van der Waals surface area contributed by atoms with Gasteiger partial charge in [0, 0.05) is 22.3 Å². The maximum Gasteiger partial charge on any atom is 0.343 e. The van der Waals surface area contributed by atoms with Gasteiger partial charge in [0.1, 0.15) is 11.5 Å². The molecule has 1 N–H and O–H groups in total. The molecular weight excluding hydrogens is 415 g/mol. The lowest BCUT2D eigenvalue weighted by atomic mass is 10.0. The van der Waals surface area contributed by atoms with Crippen LogP contribution in [0.2, 0.25) is 10.0 Å². The predicted molar refractivity (Wildman–Crippen MR) is 117 cm³/mol. The second-order valence-electron chi connectivity index (χ2n) is 6.63. The summed E-state index contributed by atoms with van der Waals surface area (Å²) in [5.74, 6) is 1.44. The number of benzene rings is 2. The van der Waals surface area contributed by atoms with Gasteiger partial charge in [-0.1, -0.05) is 66.5 Å². The summed E-state index contributed by atoms with van der Waals surface area (Å²) in [6, 6.07) is 16.2. The average Bonchev–Trinajstić information content (AvgIpc) is 2.67. The highest BCUT2D eigenvalue weighted by Crippen LogP contribution is 2.35. The highest BCUT2D eigenvalue weighted by Gasteiger charge is 2.15. The van der Waals surface area contributed by atoms with E-state index in [0.717, 1.165) is 22.6 Å². The van der Waals surface area contributed by atoms with Gasteiger partial charge in [-0.05, 0) is 30.9 Å². The molecule has 0 amide bonds. The standard InChI is InChI=1S/C22H20Cl2O3S/c1-14(13-28-21-17(23)8-5-9-18(21)24)10-11-16-19(25)12-20(27-22(16)26)15-6-3-2-4-7-15/h2-9,12,14,25H,10-11,13H2,1H3. The fraction of sp³-hybridized carbons (Fsp3) is 0.227. The van der Waals surface area contributed by atoms with Crippen molar-refractivity contribution in [3.63, 3.8) is 0 Å². The monoisotopic (exact) mass is 434 g/mol. The van der Waals surface area contributed by atoms with Crippen LogP contribution in [0.4, 0.5) is 0 Å². The van der Waals surface area contributed by atoms with Crippen molar-refractivity contribution in [2.45, 2.75) is 24.7 Å². The van der Waals surface area contributed by atoms with E-state index in [1.807, 2.05) is 48.5 Å². The van der Waals surface area contributed by atoms with Gasteiger partial charge >= 0.3 is 5.63 Å². The molecule has 146 valence electrons. The maximum absolute atomic E-state index is 12.3. The summed E-state index contributed by atoms with van der Waals surface area (Å²) in [5, 5.41) is 11.6. The number of hydrogen-bond donors (Lipinski definition) is 1. The van der Waals surface area contributed by atoms with Gasteiger partial charge in [0.2, 0.25) is 0 Å². The van der Waals surface area contributed by atoms with Crippen molar-refractivity contribution in [1.29, 1.82) is 0 Å². The molecule has 3 rings (SSSR count). The number of thioether (sulfide) groups is 1. The van der Waals surface area contributed by atoms with Crippen LogP contribution in [0.15, 0.2) is 68.7 Å². The Balaban J connectivity index is 1.63. The second kappa shape index (κ2) is 9.55. The first-order valence-corrected chi connectivity index (χ1v) is 10.7. The van der Waals surface area contributed by atoms with E-state index < -0.39 is 5.63 Å². The first-order chi connectivity index (χ1) is 13.5. The Morgan fingerprint density at radius 3 is 2.39 bits per heavy atom. The van der Waals surface area contributed by atoms with Crippen molar-refractivity contribution in [2.75, 3.05) is 5.75 Å². The molecule has 1 atom stereocenters. The van der Waals surface area contributed by atoms with E-state index >= 15 is 0 Å². The average molecular weight is 435 g/mol. The van der Waals surface area contributed by atoms with Gasteiger partial charge in [0.05, 0.1) is 15.6 Å².